The molecule has 1 aromatic rings. The van der Waals surface area contributed by atoms with Crippen LogP contribution in [0, 0.1) is 11.3 Å². The first-order valence-electron chi connectivity index (χ1n) is 3.51. The number of allylic oxidation sites excluding steroid dienone is 1. The highest BCUT2D eigenvalue weighted by atomic mass is 32.1. The Hall–Kier alpha value is -1.60. The molecule has 0 atom stereocenters. The summed E-state index contributed by atoms with van der Waals surface area (Å²) in [4.78, 5) is 11.6. The van der Waals surface area contributed by atoms with Crippen molar-refractivity contribution in [3.63, 3.8) is 0 Å². The van der Waals surface area contributed by atoms with E-state index >= 15 is 0 Å². The standard InChI is InChI=1S/C9H7NO2S/c1-12-9(11)5-7(6-10)8-3-2-4-13-8/h2-5H,1H3/b7-5+. The van der Waals surface area contributed by atoms with Crippen molar-refractivity contribution in [1.29, 1.82) is 5.26 Å². The fourth-order valence-corrected chi connectivity index (χ4v) is 1.46. The largest absolute Gasteiger partial charge is 0.466 e. The van der Waals surface area contributed by atoms with Crippen molar-refractivity contribution in [2.45, 2.75) is 0 Å². The topological polar surface area (TPSA) is 50.1 Å². The number of thiophene rings is 1. The molecule has 0 unspecified atom stereocenters. The lowest BCUT2D eigenvalue weighted by molar-refractivity contribution is -0.134. The first kappa shape index (κ1) is 9.49. The minimum absolute atomic E-state index is 0.335. The molecule has 1 heterocycles. The molecule has 0 radical (unpaired) electrons. The van der Waals surface area contributed by atoms with Crippen LogP contribution in [0.4, 0.5) is 0 Å². The van der Waals surface area contributed by atoms with Crippen molar-refractivity contribution in [3.8, 4) is 6.07 Å². The van der Waals surface area contributed by atoms with Gasteiger partial charge in [0, 0.05) is 11.0 Å². The number of hydrogen-bond donors (Lipinski definition) is 0. The molecule has 3 nitrogen and oxygen atoms in total. The third-order valence-electron chi connectivity index (χ3n) is 1.37. The second-order valence-electron chi connectivity index (χ2n) is 2.17. The Balaban J connectivity index is 2.94. The highest BCUT2D eigenvalue weighted by molar-refractivity contribution is 7.11. The van der Waals surface area contributed by atoms with Crippen molar-refractivity contribution < 1.29 is 9.53 Å². The average Bonchev–Trinajstić information content (AvgIpc) is 2.66. The average molecular weight is 193 g/mol. The van der Waals surface area contributed by atoms with Crippen LogP contribution in [-0.4, -0.2) is 13.1 Å². The molecule has 0 saturated heterocycles. The summed E-state index contributed by atoms with van der Waals surface area (Å²) in [6, 6.07) is 5.54. The van der Waals surface area contributed by atoms with Gasteiger partial charge in [0.2, 0.25) is 0 Å². The Morgan fingerprint density at radius 3 is 3.00 bits per heavy atom. The predicted octanol–water partition coefficient (Wildman–Crippen LogP) is 1.83. The van der Waals surface area contributed by atoms with Gasteiger partial charge in [-0.2, -0.15) is 5.26 Å². The molecule has 0 amide bonds. The Morgan fingerprint density at radius 2 is 2.54 bits per heavy atom. The van der Waals surface area contributed by atoms with E-state index in [4.69, 9.17) is 5.26 Å². The molecule has 1 aromatic heterocycles. The summed E-state index contributed by atoms with van der Waals surface area (Å²) < 4.78 is 4.42. The molecular weight excluding hydrogens is 186 g/mol. The molecule has 0 fully saturated rings. The number of nitrogens with zero attached hydrogens (tertiary/aromatic N) is 1. The van der Waals surface area contributed by atoms with Gasteiger partial charge in [-0.3, -0.25) is 0 Å². The zero-order valence-electron chi connectivity index (χ0n) is 6.98. The smallest absolute Gasteiger partial charge is 0.331 e. The number of esters is 1. The number of ether oxygens (including phenoxy) is 1. The minimum Gasteiger partial charge on any atom is -0.466 e. The molecule has 66 valence electrons. The van der Waals surface area contributed by atoms with Gasteiger partial charge in [-0.15, -0.1) is 11.3 Å². The van der Waals surface area contributed by atoms with Crippen LogP contribution in [0.5, 0.6) is 0 Å². The first-order chi connectivity index (χ1) is 6.27. The Kier molecular flexibility index (Phi) is 3.23. The quantitative estimate of drug-likeness (QED) is 0.409. The number of rotatable bonds is 2. The predicted molar refractivity (Wildman–Crippen MR) is 49.9 cm³/mol. The molecule has 0 aliphatic heterocycles. The maximum atomic E-state index is 10.8. The second-order valence-corrected chi connectivity index (χ2v) is 3.12. The summed E-state index contributed by atoms with van der Waals surface area (Å²) >= 11 is 1.41. The van der Waals surface area contributed by atoms with Crippen LogP contribution in [0.3, 0.4) is 0 Å². The number of carbonyl (C=O) groups excluding carboxylic acids is 1. The third kappa shape index (κ3) is 2.42. The summed E-state index contributed by atoms with van der Waals surface area (Å²) in [5, 5.41) is 10.6. The molecule has 0 spiro atoms. The van der Waals surface area contributed by atoms with E-state index in [0.717, 1.165) is 4.88 Å². The lowest BCUT2D eigenvalue weighted by Gasteiger charge is -1.92. The number of hydrogen-bond acceptors (Lipinski definition) is 4. The summed E-state index contributed by atoms with van der Waals surface area (Å²) in [5.74, 6) is -0.509. The van der Waals surface area contributed by atoms with E-state index in [9.17, 15) is 4.79 Å². The molecule has 0 saturated carbocycles. The fourth-order valence-electron chi connectivity index (χ4n) is 0.767. The Labute approximate surface area is 79.9 Å². The van der Waals surface area contributed by atoms with Gasteiger partial charge in [-0.25, -0.2) is 4.79 Å². The van der Waals surface area contributed by atoms with Crippen molar-refractivity contribution >= 4 is 22.9 Å². The lowest BCUT2D eigenvalue weighted by Crippen LogP contribution is -1.95. The summed E-state index contributed by atoms with van der Waals surface area (Å²) in [5.41, 5.74) is 0.335. The van der Waals surface area contributed by atoms with E-state index in [1.807, 2.05) is 17.5 Å². The zero-order valence-corrected chi connectivity index (χ0v) is 7.80. The SMILES string of the molecule is COC(=O)/C=C(\C#N)c1cccs1. The number of methoxy groups -OCH3 is 1. The molecule has 1 rings (SSSR count). The van der Waals surface area contributed by atoms with Crippen LogP contribution in [0.15, 0.2) is 23.6 Å². The van der Waals surface area contributed by atoms with Crippen molar-refractivity contribution in [3.05, 3.63) is 28.5 Å². The van der Waals surface area contributed by atoms with Gasteiger partial charge in [0.15, 0.2) is 0 Å². The molecular formula is C9H7NO2S. The van der Waals surface area contributed by atoms with Crippen LogP contribution in [0.25, 0.3) is 5.57 Å². The number of carbonyl (C=O) groups is 1. The summed E-state index contributed by atoms with van der Waals surface area (Å²) in [6.45, 7) is 0. The van der Waals surface area contributed by atoms with Gasteiger partial charge < -0.3 is 4.74 Å². The van der Waals surface area contributed by atoms with Crippen molar-refractivity contribution in [2.75, 3.05) is 7.11 Å². The zero-order chi connectivity index (χ0) is 9.68. The minimum atomic E-state index is -0.509. The maximum absolute atomic E-state index is 10.8. The fraction of sp³-hybridized carbons (Fsp3) is 0.111. The molecule has 0 aliphatic carbocycles. The van der Waals surface area contributed by atoms with E-state index < -0.39 is 5.97 Å². The molecule has 0 N–H and O–H groups in total. The Morgan fingerprint density at radius 1 is 1.77 bits per heavy atom. The molecule has 4 heteroatoms. The van der Waals surface area contributed by atoms with Gasteiger partial charge >= 0.3 is 5.97 Å². The van der Waals surface area contributed by atoms with Gasteiger partial charge in [-0.05, 0) is 11.4 Å². The highest BCUT2D eigenvalue weighted by Crippen LogP contribution is 2.19. The highest BCUT2D eigenvalue weighted by Gasteiger charge is 2.04. The van der Waals surface area contributed by atoms with E-state index in [2.05, 4.69) is 4.74 Å². The van der Waals surface area contributed by atoms with Gasteiger partial charge in [0.1, 0.15) is 6.07 Å². The van der Waals surface area contributed by atoms with Crippen LogP contribution < -0.4 is 0 Å². The normalized spacial score (nSPS) is 10.6. The lowest BCUT2D eigenvalue weighted by atomic mass is 10.2. The van der Waals surface area contributed by atoms with E-state index in [1.165, 1.54) is 24.5 Å². The first-order valence-corrected chi connectivity index (χ1v) is 4.39. The Bertz CT molecular complexity index is 359. The summed E-state index contributed by atoms with van der Waals surface area (Å²) in [6.07, 6.45) is 1.19. The van der Waals surface area contributed by atoms with Crippen LogP contribution >= 0.6 is 11.3 Å². The molecule has 0 aromatic carbocycles. The van der Waals surface area contributed by atoms with E-state index in [-0.39, 0.29) is 0 Å². The van der Waals surface area contributed by atoms with Gasteiger partial charge in [0.25, 0.3) is 0 Å². The van der Waals surface area contributed by atoms with E-state index in [0.29, 0.717) is 5.57 Å². The van der Waals surface area contributed by atoms with Crippen LogP contribution in [-0.2, 0) is 9.53 Å². The molecule has 13 heavy (non-hydrogen) atoms. The molecule has 0 bridgehead atoms. The second kappa shape index (κ2) is 4.43. The van der Waals surface area contributed by atoms with Crippen molar-refractivity contribution in [2.24, 2.45) is 0 Å². The summed E-state index contributed by atoms with van der Waals surface area (Å²) in [7, 11) is 1.28. The number of nitriles is 1. The van der Waals surface area contributed by atoms with Crippen LogP contribution in [0.1, 0.15) is 4.88 Å². The van der Waals surface area contributed by atoms with Gasteiger partial charge in [0.05, 0.1) is 12.7 Å². The van der Waals surface area contributed by atoms with Crippen molar-refractivity contribution in [1.82, 2.24) is 0 Å². The van der Waals surface area contributed by atoms with Crippen LogP contribution in [0.2, 0.25) is 0 Å². The maximum Gasteiger partial charge on any atom is 0.331 e. The van der Waals surface area contributed by atoms with Gasteiger partial charge in [-0.1, -0.05) is 6.07 Å². The van der Waals surface area contributed by atoms with E-state index in [1.54, 1.807) is 6.07 Å². The third-order valence-corrected chi connectivity index (χ3v) is 2.27. The monoisotopic (exact) mass is 193 g/mol. The molecule has 0 aliphatic rings.